The van der Waals surface area contributed by atoms with Gasteiger partial charge in [-0.2, -0.15) is 5.53 Å². The van der Waals surface area contributed by atoms with Gasteiger partial charge < -0.3 is 4.74 Å². The fourth-order valence-electron chi connectivity index (χ4n) is 1.45. The Morgan fingerprint density at radius 2 is 2.00 bits per heavy atom. The molecule has 0 aliphatic carbocycles. The number of hydrazine groups is 2. The standard InChI is InChI=1S/C11H15N3O/c1-13(2)12-14-8-10(14)9-6-4-5-7-11(9)15-3/h4-8,12H,1-3H3. The molecule has 4 heteroatoms. The number of nitrogens with one attached hydrogen (secondary N) is 1. The molecule has 0 unspecified atom stereocenters. The second-order valence-electron chi connectivity index (χ2n) is 3.58. The highest BCUT2D eigenvalue weighted by Crippen LogP contribution is 2.35. The van der Waals surface area contributed by atoms with Crippen molar-refractivity contribution >= 4 is 5.70 Å². The Kier molecular flexibility index (Phi) is 2.62. The smallest absolute Gasteiger partial charge is 0.128 e. The Labute approximate surface area is 89.7 Å². The van der Waals surface area contributed by atoms with Crippen LogP contribution in [-0.2, 0) is 0 Å². The number of para-hydroxylation sites is 1. The van der Waals surface area contributed by atoms with Crippen LogP contribution in [0.2, 0.25) is 0 Å². The van der Waals surface area contributed by atoms with Gasteiger partial charge in [0.2, 0.25) is 0 Å². The van der Waals surface area contributed by atoms with Gasteiger partial charge in [-0.25, -0.2) is 5.01 Å². The van der Waals surface area contributed by atoms with Crippen molar-refractivity contribution in [1.29, 1.82) is 0 Å². The highest BCUT2D eigenvalue weighted by molar-refractivity contribution is 5.77. The highest BCUT2D eigenvalue weighted by atomic mass is 16.5. The molecule has 0 saturated carbocycles. The maximum absolute atomic E-state index is 5.29. The molecule has 0 bridgehead atoms. The Hall–Kier alpha value is -1.52. The molecule has 0 aromatic heterocycles. The summed E-state index contributed by atoms with van der Waals surface area (Å²) < 4.78 is 5.29. The molecule has 0 atom stereocenters. The van der Waals surface area contributed by atoms with Crippen LogP contribution in [0.3, 0.4) is 0 Å². The maximum Gasteiger partial charge on any atom is 0.128 e. The van der Waals surface area contributed by atoms with Crippen LogP contribution in [0.1, 0.15) is 5.56 Å². The van der Waals surface area contributed by atoms with E-state index in [0.717, 1.165) is 17.0 Å². The molecule has 0 radical (unpaired) electrons. The number of methoxy groups -OCH3 is 1. The Morgan fingerprint density at radius 3 is 2.67 bits per heavy atom. The van der Waals surface area contributed by atoms with Crippen molar-refractivity contribution in [3.8, 4) is 5.75 Å². The third-order valence-electron chi connectivity index (χ3n) is 2.13. The van der Waals surface area contributed by atoms with Gasteiger partial charge >= 0.3 is 0 Å². The van der Waals surface area contributed by atoms with Crippen LogP contribution in [0, 0.1) is 0 Å². The quantitative estimate of drug-likeness (QED) is 0.750. The van der Waals surface area contributed by atoms with Gasteiger partial charge in [0.05, 0.1) is 12.8 Å². The predicted octanol–water partition coefficient (Wildman–Crippen LogP) is 1.29. The molecule has 80 valence electrons. The molecule has 0 spiro atoms. The maximum atomic E-state index is 5.29. The lowest BCUT2D eigenvalue weighted by atomic mass is 10.2. The summed E-state index contributed by atoms with van der Waals surface area (Å²) in [6.45, 7) is 0. The molecule has 0 fully saturated rings. The summed E-state index contributed by atoms with van der Waals surface area (Å²) in [5.74, 6) is 0.895. The van der Waals surface area contributed by atoms with Crippen molar-refractivity contribution in [1.82, 2.24) is 15.6 Å². The van der Waals surface area contributed by atoms with E-state index in [9.17, 15) is 0 Å². The normalized spacial score (nSPS) is 14.1. The SMILES string of the molecule is COc1ccccc1C1=CN1NN(C)C. The van der Waals surface area contributed by atoms with Crippen LogP contribution in [-0.4, -0.2) is 31.2 Å². The zero-order valence-corrected chi connectivity index (χ0v) is 9.19. The molecule has 15 heavy (non-hydrogen) atoms. The van der Waals surface area contributed by atoms with E-state index in [2.05, 4.69) is 5.53 Å². The molecule has 0 saturated heterocycles. The molecule has 1 aromatic rings. The molecule has 4 nitrogen and oxygen atoms in total. The highest BCUT2D eigenvalue weighted by Gasteiger charge is 2.25. The van der Waals surface area contributed by atoms with Crippen LogP contribution in [0.5, 0.6) is 5.75 Å². The van der Waals surface area contributed by atoms with E-state index in [1.807, 2.05) is 54.6 Å². The molecule has 2 rings (SSSR count). The largest absolute Gasteiger partial charge is 0.496 e. The van der Waals surface area contributed by atoms with E-state index in [0.29, 0.717) is 0 Å². The summed E-state index contributed by atoms with van der Waals surface area (Å²) in [5, 5.41) is 3.84. The van der Waals surface area contributed by atoms with Crippen LogP contribution in [0.25, 0.3) is 5.70 Å². The lowest BCUT2D eigenvalue weighted by molar-refractivity contribution is 0.186. The minimum absolute atomic E-state index is 0.895. The van der Waals surface area contributed by atoms with Gasteiger partial charge in [-0.05, 0) is 12.1 Å². The first-order valence-electron chi connectivity index (χ1n) is 4.80. The van der Waals surface area contributed by atoms with E-state index in [1.165, 1.54) is 0 Å². The predicted molar refractivity (Wildman–Crippen MR) is 59.6 cm³/mol. The first kappa shape index (κ1) is 10.0. The Balaban J connectivity index is 2.09. The van der Waals surface area contributed by atoms with E-state index in [1.54, 1.807) is 7.11 Å². The van der Waals surface area contributed by atoms with Gasteiger partial charge in [-0.3, -0.25) is 5.01 Å². The Bertz CT molecular complexity index is 387. The lowest BCUT2D eigenvalue weighted by Crippen LogP contribution is -2.35. The summed E-state index contributed by atoms with van der Waals surface area (Å²) in [5.41, 5.74) is 5.38. The van der Waals surface area contributed by atoms with Crippen molar-refractivity contribution in [3.05, 3.63) is 36.0 Å². The van der Waals surface area contributed by atoms with Gasteiger partial charge in [0.15, 0.2) is 0 Å². The number of hydrogen-bond donors (Lipinski definition) is 1. The number of benzene rings is 1. The summed E-state index contributed by atoms with van der Waals surface area (Å²) in [7, 11) is 5.59. The number of nitrogens with zero attached hydrogens (tertiary/aromatic N) is 2. The molecule has 1 aliphatic heterocycles. The molecule has 1 aromatic carbocycles. The molecule has 0 amide bonds. The van der Waals surface area contributed by atoms with Crippen molar-refractivity contribution < 1.29 is 4.74 Å². The van der Waals surface area contributed by atoms with Crippen molar-refractivity contribution in [3.63, 3.8) is 0 Å². The summed E-state index contributed by atoms with van der Waals surface area (Å²) >= 11 is 0. The van der Waals surface area contributed by atoms with Crippen molar-refractivity contribution in [2.75, 3.05) is 21.2 Å². The van der Waals surface area contributed by atoms with Gasteiger partial charge in [0.25, 0.3) is 0 Å². The average Bonchev–Trinajstić information content (AvgIpc) is 2.96. The zero-order chi connectivity index (χ0) is 10.8. The molecular weight excluding hydrogens is 190 g/mol. The molecule has 1 aliphatic rings. The third-order valence-corrected chi connectivity index (χ3v) is 2.13. The van der Waals surface area contributed by atoms with Gasteiger partial charge in [0, 0.05) is 25.9 Å². The molecule has 1 N–H and O–H groups in total. The Morgan fingerprint density at radius 1 is 1.27 bits per heavy atom. The average molecular weight is 205 g/mol. The van der Waals surface area contributed by atoms with Crippen LogP contribution < -0.4 is 10.3 Å². The second kappa shape index (κ2) is 3.92. The monoisotopic (exact) mass is 205 g/mol. The van der Waals surface area contributed by atoms with Crippen LogP contribution in [0.15, 0.2) is 30.5 Å². The lowest BCUT2D eigenvalue weighted by Gasteiger charge is -2.15. The summed E-state index contributed by atoms with van der Waals surface area (Å²) in [6.07, 6.45) is 2.03. The number of ether oxygens (including phenoxy) is 1. The van der Waals surface area contributed by atoms with E-state index < -0.39 is 0 Å². The van der Waals surface area contributed by atoms with Crippen molar-refractivity contribution in [2.45, 2.75) is 0 Å². The fraction of sp³-hybridized carbons (Fsp3) is 0.273. The third kappa shape index (κ3) is 2.11. The van der Waals surface area contributed by atoms with E-state index in [4.69, 9.17) is 4.74 Å². The molecule has 1 heterocycles. The summed E-state index contributed by atoms with van der Waals surface area (Å²) in [6, 6.07) is 7.98. The molecular formula is C11H15N3O. The van der Waals surface area contributed by atoms with Crippen LogP contribution >= 0.6 is 0 Å². The minimum Gasteiger partial charge on any atom is -0.496 e. The number of hydrogen-bond acceptors (Lipinski definition) is 4. The van der Waals surface area contributed by atoms with Crippen LogP contribution in [0.4, 0.5) is 0 Å². The van der Waals surface area contributed by atoms with E-state index in [-0.39, 0.29) is 0 Å². The van der Waals surface area contributed by atoms with Gasteiger partial charge in [-0.1, -0.05) is 12.1 Å². The first-order valence-corrected chi connectivity index (χ1v) is 4.80. The van der Waals surface area contributed by atoms with Gasteiger partial charge in [-0.15, -0.1) is 0 Å². The zero-order valence-electron chi connectivity index (χ0n) is 9.19. The number of rotatable bonds is 4. The topological polar surface area (TPSA) is 27.5 Å². The second-order valence-corrected chi connectivity index (χ2v) is 3.58. The van der Waals surface area contributed by atoms with Gasteiger partial charge in [0.1, 0.15) is 5.75 Å². The fourth-order valence-corrected chi connectivity index (χ4v) is 1.45. The minimum atomic E-state index is 0.895. The van der Waals surface area contributed by atoms with Crippen molar-refractivity contribution in [2.24, 2.45) is 0 Å². The van der Waals surface area contributed by atoms with E-state index >= 15 is 0 Å². The first-order chi connectivity index (χ1) is 7.22. The summed E-state index contributed by atoms with van der Waals surface area (Å²) in [4.78, 5) is 0.